The number of nitrogens with zero attached hydrogens (tertiary/aromatic N) is 6. The van der Waals surface area contributed by atoms with E-state index in [-0.39, 0.29) is 48.2 Å². The van der Waals surface area contributed by atoms with Crippen molar-refractivity contribution in [2.75, 3.05) is 18.1 Å². The SMILES string of the molecule is C[C@@H](COc1ncc(F)cc1[C@H]1C[C@H](F)CN1c1ccn2ncc([N+](=O)[O-])c2n1)OC(=O)NC(C)(C)C. The summed E-state index contributed by atoms with van der Waals surface area (Å²) in [6.07, 6.45) is 0.978. The van der Waals surface area contributed by atoms with Gasteiger partial charge in [-0.25, -0.2) is 28.1 Å². The molecule has 14 heteroatoms. The van der Waals surface area contributed by atoms with Gasteiger partial charge < -0.3 is 19.7 Å². The Morgan fingerprint density at radius 3 is 2.84 bits per heavy atom. The van der Waals surface area contributed by atoms with Gasteiger partial charge in [0.1, 0.15) is 36.7 Å². The van der Waals surface area contributed by atoms with Crippen molar-refractivity contribution in [3.8, 4) is 5.88 Å². The number of aromatic nitrogens is 4. The first-order valence-electron chi connectivity index (χ1n) is 11.6. The average molecular weight is 520 g/mol. The van der Waals surface area contributed by atoms with Crippen molar-refractivity contribution in [3.05, 3.63) is 52.2 Å². The molecule has 4 heterocycles. The summed E-state index contributed by atoms with van der Waals surface area (Å²) in [6, 6.07) is 2.03. The van der Waals surface area contributed by atoms with Gasteiger partial charge in [0.25, 0.3) is 0 Å². The van der Waals surface area contributed by atoms with Gasteiger partial charge in [-0.2, -0.15) is 5.10 Å². The summed E-state index contributed by atoms with van der Waals surface area (Å²) in [5.41, 5.74) is -0.504. The molecule has 1 fully saturated rings. The second kappa shape index (κ2) is 10.1. The number of ether oxygens (including phenoxy) is 2. The van der Waals surface area contributed by atoms with Crippen LogP contribution in [0.25, 0.3) is 5.65 Å². The molecule has 3 aromatic rings. The van der Waals surface area contributed by atoms with Crippen LogP contribution in [-0.2, 0) is 4.74 Å². The van der Waals surface area contributed by atoms with Crippen LogP contribution < -0.4 is 15.0 Å². The lowest BCUT2D eigenvalue weighted by atomic mass is 10.1. The van der Waals surface area contributed by atoms with Crippen LogP contribution in [0, 0.1) is 15.9 Å². The second-order valence-electron chi connectivity index (χ2n) is 9.79. The normalized spacial score (nSPS) is 18.6. The van der Waals surface area contributed by atoms with Crippen LogP contribution in [0.1, 0.15) is 45.7 Å². The monoisotopic (exact) mass is 519 g/mol. The standard InChI is InChI=1S/C23H27F2N7O5/c1-13(37-22(33)29-23(2,3)4)12-36-21-16(7-14(24)9-26-21)17-8-15(25)11-30(17)19-5-6-31-20(28-19)18(10-27-31)32(34)35/h5-7,9-10,13,15,17H,8,11-12H2,1-4H3,(H,29,33)/t13-,15-,17+/m0/s1. The van der Waals surface area contributed by atoms with E-state index in [1.807, 2.05) is 20.8 Å². The summed E-state index contributed by atoms with van der Waals surface area (Å²) in [5, 5.41) is 17.9. The highest BCUT2D eigenvalue weighted by Gasteiger charge is 2.37. The van der Waals surface area contributed by atoms with Crippen molar-refractivity contribution < 1.29 is 28.0 Å². The van der Waals surface area contributed by atoms with Gasteiger partial charge in [0.2, 0.25) is 11.5 Å². The van der Waals surface area contributed by atoms with Gasteiger partial charge in [-0.1, -0.05) is 0 Å². The molecule has 1 aliphatic heterocycles. The summed E-state index contributed by atoms with van der Waals surface area (Å²) >= 11 is 0. The molecule has 1 saturated heterocycles. The molecule has 1 amide bonds. The summed E-state index contributed by atoms with van der Waals surface area (Å²) in [5.74, 6) is -0.339. The van der Waals surface area contributed by atoms with Crippen molar-refractivity contribution in [2.24, 2.45) is 0 Å². The zero-order valence-electron chi connectivity index (χ0n) is 20.7. The molecule has 0 aliphatic carbocycles. The van der Waals surface area contributed by atoms with Crippen LogP contribution in [-0.4, -0.2) is 61.6 Å². The smallest absolute Gasteiger partial charge is 0.407 e. The molecule has 4 rings (SSSR count). The van der Waals surface area contributed by atoms with Gasteiger partial charge in [-0.3, -0.25) is 10.1 Å². The molecule has 1 N–H and O–H groups in total. The maximum atomic E-state index is 14.7. The summed E-state index contributed by atoms with van der Waals surface area (Å²) in [4.78, 5) is 32.7. The third kappa shape index (κ3) is 6.01. The maximum absolute atomic E-state index is 14.7. The molecule has 198 valence electrons. The first kappa shape index (κ1) is 26.0. The Labute approximate surface area is 210 Å². The van der Waals surface area contributed by atoms with E-state index in [2.05, 4.69) is 20.4 Å². The number of amides is 1. The van der Waals surface area contributed by atoms with Crippen LogP contribution in [0.15, 0.2) is 30.7 Å². The number of anilines is 1. The summed E-state index contributed by atoms with van der Waals surface area (Å²) in [7, 11) is 0. The third-order valence-corrected chi connectivity index (χ3v) is 5.52. The largest absolute Gasteiger partial charge is 0.473 e. The maximum Gasteiger partial charge on any atom is 0.407 e. The number of alkyl halides is 1. The minimum Gasteiger partial charge on any atom is -0.473 e. The van der Waals surface area contributed by atoms with Crippen LogP contribution in [0.4, 0.5) is 25.1 Å². The quantitative estimate of drug-likeness (QED) is 0.365. The Morgan fingerprint density at radius 1 is 1.38 bits per heavy atom. The Balaban J connectivity index is 1.57. The number of alkyl carbamates (subject to hydrolysis) is 1. The van der Waals surface area contributed by atoms with Crippen molar-refractivity contribution in [2.45, 2.75) is 58.0 Å². The van der Waals surface area contributed by atoms with Gasteiger partial charge in [-0.15, -0.1) is 0 Å². The van der Waals surface area contributed by atoms with E-state index in [0.29, 0.717) is 0 Å². The molecule has 0 aromatic carbocycles. The van der Waals surface area contributed by atoms with Crippen LogP contribution in [0.5, 0.6) is 5.88 Å². The fourth-order valence-corrected chi connectivity index (χ4v) is 4.02. The van der Waals surface area contributed by atoms with Crippen molar-refractivity contribution in [1.82, 2.24) is 24.9 Å². The number of carbonyl (C=O) groups is 1. The highest BCUT2D eigenvalue weighted by atomic mass is 19.1. The fourth-order valence-electron chi connectivity index (χ4n) is 4.02. The van der Waals surface area contributed by atoms with E-state index in [9.17, 15) is 23.7 Å². The second-order valence-corrected chi connectivity index (χ2v) is 9.79. The van der Waals surface area contributed by atoms with Crippen molar-refractivity contribution in [1.29, 1.82) is 0 Å². The number of nitrogens with one attached hydrogen (secondary N) is 1. The van der Waals surface area contributed by atoms with Gasteiger partial charge in [0, 0.05) is 23.7 Å². The number of pyridine rings is 1. The summed E-state index contributed by atoms with van der Waals surface area (Å²) in [6.45, 7) is 6.91. The highest BCUT2D eigenvalue weighted by Crippen LogP contribution is 2.40. The number of carbonyl (C=O) groups excluding carboxylic acids is 1. The Kier molecular flexibility index (Phi) is 7.09. The number of hydrogen-bond acceptors (Lipinski definition) is 9. The summed E-state index contributed by atoms with van der Waals surface area (Å²) < 4.78 is 41.2. The first-order chi connectivity index (χ1) is 17.4. The zero-order chi connectivity index (χ0) is 26.9. The predicted octanol–water partition coefficient (Wildman–Crippen LogP) is 3.75. The molecule has 0 bridgehead atoms. The molecule has 0 spiro atoms. The molecule has 0 unspecified atom stereocenters. The molecule has 1 aliphatic rings. The highest BCUT2D eigenvalue weighted by molar-refractivity contribution is 5.68. The Morgan fingerprint density at radius 2 is 2.14 bits per heavy atom. The van der Waals surface area contributed by atoms with E-state index in [1.165, 1.54) is 16.8 Å². The molecular weight excluding hydrogens is 492 g/mol. The van der Waals surface area contributed by atoms with E-state index >= 15 is 0 Å². The van der Waals surface area contributed by atoms with Crippen molar-refractivity contribution in [3.63, 3.8) is 0 Å². The van der Waals surface area contributed by atoms with Gasteiger partial charge in [0.05, 0.1) is 23.7 Å². The van der Waals surface area contributed by atoms with E-state index in [0.717, 1.165) is 12.4 Å². The molecule has 3 atom stereocenters. The molecule has 0 saturated carbocycles. The lowest BCUT2D eigenvalue weighted by molar-refractivity contribution is -0.383. The van der Waals surface area contributed by atoms with Crippen LogP contribution >= 0.6 is 0 Å². The first-order valence-corrected chi connectivity index (χ1v) is 11.6. The molecule has 3 aromatic heterocycles. The van der Waals surface area contributed by atoms with Gasteiger partial charge in [0.15, 0.2) is 0 Å². The molecule has 37 heavy (non-hydrogen) atoms. The fraction of sp³-hybridized carbons (Fsp3) is 0.478. The average Bonchev–Trinajstić information content (AvgIpc) is 3.39. The van der Waals surface area contributed by atoms with Crippen LogP contribution in [0.2, 0.25) is 0 Å². The van der Waals surface area contributed by atoms with Gasteiger partial charge >= 0.3 is 11.8 Å². The van der Waals surface area contributed by atoms with Crippen molar-refractivity contribution >= 4 is 23.2 Å². The number of fused-ring (bicyclic) bond motifs is 1. The molecule has 12 nitrogen and oxygen atoms in total. The lowest BCUT2D eigenvalue weighted by Gasteiger charge is -2.27. The molecular formula is C23H27F2N7O5. The Bertz CT molecular complexity index is 1310. The lowest BCUT2D eigenvalue weighted by Crippen LogP contribution is -2.42. The number of nitro groups is 1. The minimum absolute atomic E-state index is 0.00286. The van der Waals surface area contributed by atoms with E-state index in [4.69, 9.17) is 9.47 Å². The zero-order valence-corrected chi connectivity index (χ0v) is 20.7. The topological polar surface area (TPSA) is 137 Å². The number of hydrogen-bond donors (Lipinski definition) is 1. The predicted molar refractivity (Wildman–Crippen MR) is 128 cm³/mol. The minimum atomic E-state index is -1.28. The van der Waals surface area contributed by atoms with Crippen LogP contribution in [0.3, 0.4) is 0 Å². The van der Waals surface area contributed by atoms with E-state index < -0.39 is 40.7 Å². The Hall–Kier alpha value is -4.10. The van der Waals surface area contributed by atoms with E-state index in [1.54, 1.807) is 17.9 Å². The molecule has 0 radical (unpaired) electrons. The third-order valence-electron chi connectivity index (χ3n) is 5.52. The number of halogens is 2. The van der Waals surface area contributed by atoms with Gasteiger partial charge in [-0.05, 0) is 39.8 Å². The number of rotatable bonds is 7.